The van der Waals surface area contributed by atoms with Crippen LogP contribution in [0.3, 0.4) is 0 Å². The molecule has 8 nitrogen and oxygen atoms in total. The van der Waals surface area contributed by atoms with Gasteiger partial charge in [-0.2, -0.15) is 18.3 Å². The minimum Gasteiger partial charge on any atom is -0.444 e. The molecule has 2 aromatic carbocycles. The highest BCUT2D eigenvalue weighted by atomic mass is 35.5. The Kier molecular flexibility index (Phi) is 7.20. The first-order valence-corrected chi connectivity index (χ1v) is 10.5. The Hall–Kier alpha value is -3.86. The normalized spacial score (nSPS) is 11.6. The van der Waals surface area contributed by atoms with Crippen molar-refractivity contribution in [2.24, 2.45) is 0 Å². The van der Waals surface area contributed by atoms with Crippen LogP contribution in [0.1, 0.15) is 42.4 Å². The summed E-state index contributed by atoms with van der Waals surface area (Å²) in [7, 11) is 0. The molecule has 3 rings (SSSR count). The lowest BCUT2D eigenvalue weighted by Gasteiger charge is -2.20. The molecule has 0 spiro atoms. The fourth-order valence-corrected chi connectivity index (χ4v) is 3.12. The van der Waals surface area contributed by atoms with Crippen LogP contribution in [0.25, 0.3) is 5.69 Å². The van der Waals surface area contributed by atoms with Gasteiger partial charge in [0.1, 0.15) is 11.4 Å². The van der Waals surface area contributed by atoms with Crippen molar-refractivity contribution in [1.29, 1.82) is 5.41 Å². The number of halogens is 4. The van der Waals surface area contributed by atoms with Crippen LogP contribution < -0.4 is 10.6 Å². The highest BCUT2D eigenvalue weighted by molar-refractivity contribution is 6.30. The molecule has 2 amide bonds. The van der Waals surface area contributed by atoms with E-state index in [2.05, 4.69) is 15.7 Å². The quantitative estimate of drug-likeness (QED) is 0.313. The molecule has 3 N–H and O–H groups in total. The van der Waals surface area contributed by atoms with Crippen molar-refractivity contribution in [3.05, 3.63) is 76.6 Å². The van der Waals surface area contributed by atoms with Gasteiger partial charge in [-0.1, -0.05) is 23.7 Å². The number of hydrogen-bond donors (Lipinski definition) is 3. The number of nitrogens with zero attached hydrogens (tertiary/aromatic N) is 2. The molecule has 0 unspecified atom stereocenters. The summed E-state index contributed by atoms with van der Waals surface area (Å²) in [6, 6.07) is 11.2. The van der Waals surface area contributed by atoms with E-state index < -0.39 is 35.0 Å². The maximum atomic E-state index is 13.9. The lowest BCUT2D eigenvalue weighted by Crippen LogP contribution is -2.36. The fourth-order valence-electron chi connectivity index (χ4n) is 2.99. The molecule has 0 bridgehead atoms. The summed E-state index contributed by atoms with van der Waals surface area (Å²) in [6.07, 6.45) is -4.91. The van der Waals surface area contributed by atoms with Gasteiger partial charge in [-0.05, 0) is 57.2 Å². The molecular weight excluding hydrogens is 487 g/mol. The smallest absolute Gasteiger partial charge is 0.434 e. The number of carbonyl (C=O) groups is 2. The average molecular weight is 508 g/mol. The zero-order valence-electron chi connectivity index (χ0n) is 18.8. The van der Waals surface area contributed by atoms with E-state index in [1.165, 1.54) is 48.5 Å². The van der Waals surface area contributed by atoms with Crippen molar-refractivity contribution in [1.82, 2.24) is 15.1 Å². The first kappa shape index (κ1) is 25.8. The van der Waals surface area contributed by atoms with Gasteiger partial charge in [-0.3, -0.25) is 15.5 Å². The van der Waals surface area contributed by atoms with Gasteiger partial charge in [-0.15, -0.1) is 0 Å². The third kappa shape index (κ3) is 6.60. The molecule has 0 aliphatic rings. The number of benzene rings is 2. The molecule has 1 heterocycles. The number of amidine groups is 1. The van der Waals surface area contributed by atoms with Crippen LogP contribution in [0, 0.1) is 5.41 Å². The van der Waals surface area contributed by atoms with Gasteiger partial charge in [0.15, 0.2) is 5.69 Å². The number of alkyl halides is 3. The SMILES string of the molecule is CC(C)(C)OC(=O)NC(=N)c1cccc(NC(=O)c2cnn(-c3ccc(Cl)cc3)c2C(F)(F)F)c1. The van der Waals surface area contributed by atoms with Crippen molar-refractivity contribution in [3.8, 4) is 5.69 Å². The summed E-state index contributed by atoms with van der Waals surface area (Å²) in [4.78, 5) is 24.7. The molecule has 0 saturated heterocycles. The van der Waals surface area contributed by atoms with E-state index in [0.717, 1.165) is 6.20 Å². The zero-order chi connectivity index (χ0) is 26.0. The van der Waals surface area contributed by atoms with Crippen LogP contribution in [0.15, 0.2) is 54.7 Å². The molecule has 184 valence electrons. The molecule has 0 saturated carbocycles. The van der Waals surface area contributed by atoms with Gasteiger partial charge in [0, 0.05) is 16.3 Å². The van der Waals surface area contributed by atoms with Crippen LogP contribution in [0.2, 0.25) is 5.02 Å². The zero-order valence-corrected chi connectivity index (χ0v) is 19.6. The van der Waals surface area contributed by atoms with E-state index in [1.807, 2.05) is 0 Å². The van der Waals surface area contributed by atoms with Crippen molar-refractivity contribution in [2.45, 2.75) is 32.5 Å². The summed E-state index contributed by atoms with van der Waals surface area (Å²) in [6.45, 7) is 4.99. The van der Waals surface area contributed by atoms with Crippen LogP contribution in [-0.2, 0) is 10.9 Å². The van der Waals surface area contributed by atoms with Crippen LogP contribution in [0.4, 0.5) is 23.7 Å². The third-order valence-corrected chi connectivity index (χ3v) is 4.64. The van der Waals surface area contributed by atoms with Gasteiger partial charge in [0.2, 0.25) is 0 Å². The Morgan fingerprint density at radius 2 is 1.74 bits per heavy atom. The Balaban J connectivity index is 1.84. The van der Waals surface area contributed by atoms with E-state index in [1.54, 1.807) is 20.8 Å². The van der Waals surface area contributed by atoms with E-state index in [4.69, 9.17) is 21.7 Å². The summed E-state index contributed by atoms with van der Waals surface area (Å²) in [5.74, 6) is -1.37. The first-order valence-electron chi connectivity index (χ1n) is 10.2. The van der Waals surface area contributed by atoms with Crippen molar-refractivity contribution >= 4 is 35.1 Å². The third-order valence-electron chi connectivity index (χ3n) is 4.39. The van der Waals surface area contributed by atoms with Gasteiger partial charge >= 0.3 is 12.3 Å². The standard InChI is InChI=1S/C23H21ClF3N5O3/c1-22(2,3)35-21(34)31-19(28)13-5-4-6-15(11-13)30-20(33)17-12-29-32(18(17)23(25,26)27)16-9-7-14(24)8-10-16/h4-12H,1-3H3,(H,30,33)(H2,28,31,34). The second kappa shape index (κ2) is 9.79. The number of rotatable bonds is 4. The predicted molar refractivity (Wildman–Crippen MR) is 124 cm³/mol. The Labute approximate surface area is 203 Å². The summed E-state index contributed by atoms with van der Waals surface area (Å²) >= 11 is 5.80. The van der Waals surface area contributed by atoms with Crippen LogP contribution in [0.5, 0.6) is 0 Å². The summed E-state index contributed by atoms with van der Waals surface area (Å²) in [5, 5.41) is 16.8. The van der Waals surface area contributed by atoms with E-state index in [9.17, 15) is 22.8 Å². The van der Waals surface area contributed by atoms with Crippen LogP contribution in [-0.4, -0.2) is 33.2 Å². The molecule has 0 aliphatic heterocycles. The number of hydrogen-bond acceptors (Lipinski definition) is 5. The average Bonchev–Trinajstić information content (AvgIpc) is 3.19. The highest BCUT2D eigenvalue weighted by Crippen LogP contribution is 2.34. The molecular formula is C23H21ClF3N5O3. The fraction of sp³-hybridized carbons (Fsp3) is 0.217. The first-order chi connectivity index (χ1) is 16.2. The maximum absolute atomic E-state index is 13.9. The van der Waals surface area contributed by atoms with Crippen molar-refractivity contribution < 1.29 is 27.5 Å². The topological polar surface area (TPSA) is 109 Å². The van der Waals surface area contributed by atoms with Gasteiger partial charge in [-0.25, -0.2) is 9.48 Å². The number of nitrogens with one attached hydrogen (secondary N) is 3. The Morgan fingerprint density at radius 3 is 2.34 bits per heavy atom. The number of carbonyl (C=O) groups excluding carboxylic acids is 2. The molecule has 35 heavy (non-hydrogen) atoms. The molecule has 0 atom stereocenters. The Bertz CT molecular complexity index is 1260. The van der Waals surface area contributed by atoms with Gasteiger partial charge < -0.3 is 10.1 Å². The second-order valence-electron chi connectivity index (χ2n) is 8.33. The monoisotopic (exact) mass is 507 g/mol. The number of alkyl carbamates (subject to hydrolysis) is 1. The molecule has 0 radical (unpaired) electrons. The molecule has 0 fully saturated rings. The Morgan fingerprint density at radius 1 is 1.09 bits per heavy atom. The minimum atomic E-state index is -4.88. The lowest BCUT2D eigenvalue weighted by atomic mass is 10.1. The number of aromatic nitrogens is 2. The molecule has 0 aliphatic carbocycles. The highest BCUT2D eigenvalue weighted by Gasteiger charge is 2.40. The molecule has 12 heteroatoms. The summed E-state index contributed by atoms with van der Waals surface area (Å²) in [5.41, 5.74) is -2.35. The molecule has 3 aromatic rings. The van der Waals surface area contributed by atoms with E-state index in [-0.39, 0.29) is 22.8 Å². The number of amides is 2. The minimum absolute atomic E-state index is 0.0736. The van der Waals surface area contributed by atoms with Crippen molar-refractivity contribution in [3.63, 3.8) is 0 Å². The number of ether oxygens (including phenoxy) is 1. The van der Waals surface area contributed by atoms with Crippen LogP contribution >= 0.6 is 11.6 Å². The summed E-state index contributed by atoms with van der Waals surface area (Å²) < 4.78 is 47.3. The predicted octanol–water partition coefficient (Wildman–Crippen LogP) is 5.65. The van der Waals surface area contributed by atoms with Gasteiger partial charge in [0.05, 0.1) is 17.4 Å². The van der Waals surface area contributed by atoms with E-state index in [0.29, 0.717) is 9.70 Å². The largest absolute Gasteiger partial charge is 0.444 e. The lowest BCUT2D eigenvalue weighted by molar-refractivity contribution is -0.143. The molecule has 1 aromatic heterocycles. The second-order valence-corrected chi connectivity index (χ2v) is 8.77. The maximum Gasteiger partial charge on any atom is 0.434 e. The van der Waals surface area contributed by atoms with Gasteiger partial charge in [0.25, 0.3) is 5.91 Å². The van der Waals surface area contributed by atoms with Crippen molar-refractivity contribution in [2.75, 3.05) is 5.32 Å². The number of anilines is 1. The van der Waals surface area contributed by atoms with E-state index >= 15 is 0 Å².